The Morgan fingerprint density at radius 3 is 2.10 bits per heavy atom. The Bertz CT molecular complexity index is 655. The predicted molar refractivity (Wildman–Crippen MR) is 86.2 cm³/mol. The largest absolute Gasteiger partial charge is 0.493 e. The van der Waals surface area contributed by atoms with Crippen molar-refractivity contribution in [3.05, 3.63) is 58.4 Å². The zero-order valence-corrected chi connectivity index (χ0v) is 14.1. The number of hydrogen-bond acceptors (Lipinski definition) is 2. The third kappa shape index (κ3) is 3.21. The van der Waals surface area contributed by atoms with E-state index in [9.17, 15) is 4.39 Å². The van der Waals surface area contributed by atoms with Crippen LogP contribution in [0.25, 0.3) is 0 Å². The smallest absolute Gasteiger partial charge is 0.161 e. The first-order chi connectivity index (χ1) is 9.97. The highest BCUT2D eigenvalue weighted by Gasteiger charge is 2.18. The van der Waals surface area contributed by atoms with Gasteiger partial charge in [-0.05, 0) is 60.4 Å². The van der Waals surface area contributed by atoms with Crippen LogP contribution in [0.1, 0.15) is 27.1 Å². The number of aryl methyl sites for hydroxylation is 2. The van der Waals surface area contributed by atoms with E-state index in [-0.39, 0.29) is 10.6 Å². The summed E-state index contributed by atoms with van der Waals surface area (Å²) in [5, 5.41) is 0. The average molecular weight is 353 g/mol. The highest BCUT2D eigenvalue weighted by Crippen LogP contribution is 2.40. The molecule has 0 N–H and O–H groups in total. The molecule has 0 heterocycles. The Balaban J connectivity index is 2.52. The number of hydrogen-bond donors (Lipinski definition) is 0. The number of benzene rings is 2. The molecule has 0 aliphatic heterocycles. The molecular formula is C17H18BrFO2. The highest BCUT2D eigenvalue weighted by molar-refractivity contribution is 9.09. The van der Waals surface area contributed by atoms with Crippen LogP contribution in [0.3, 0.4) is 0 Å². The summed E-state index contributed by atoms with van der Waals surface area (Å²) < 4.78 is 24.2. The molecule has 0 spiro atoms. The van der Waals surface area contributed by atoms with Gasteiger partial charge in [0.25, 0.3) is 0 Å². The summed E-state index contributed by atoms with van der Waals surface area (Å²) in [4.78, 5) is -0.104. The van der Waals surface area contributed by atoms with E-state index in [1.165, 1.54) is 6.07 Å². The molecule has 0 aromatic heterocycles. The van der Waals surface area contributed by atoms with Gasteiger partial charge in [0.15, 0.2) is 11.5 Å². The van der Waals surface area contributed by atoms with Gasteiger partial charge in [-0.25, -0.2) is 4.39 Å². The lowest BCUT2D eigenvalue weighted by Crippen LogP contribution is -2.01. The Labute approximate surface area is 133 Å². The van der Waals surface area contributed by atoms with Crippen molar-refractivity contribution in [2.75, 3.05) is 14.2 Å². The van der Waals surface area contributed by atoms with Crippen LogP contribution in [0.2, 0.25) is 0 Å². The normalized spacial score (nSPS) is 12.1. The van der Waals surface area contributed by atoms with Crippen LogP contribution in [0.5, 0.6) is 11.5 Å². The molecule has 4 heteroatoms. The molecule has 2 aromatic carbocycles. The van der Waals surface area contributed by atoms with E-state index in [1.54, 1.807) is 26.4 Å². The van der Waals surface area contributed by atoms with Crippen LogP contribution in [0.15, 0.2) is 30.3 Å². The van der Waals surface area contributed by atoms with Crippen LogP contribution in [-0.2, 0) is 0 Å². The van der Waals surface area contributed by atoms with E-state index >= 15 is 0 Å². The molecule has 0 aliphatic rings. The van der Waals surface area contributed by atoms with E-state index in [2.05, 4.69) is 15.9 Å². The summed E-state index contributed by atoms with van der Waals surface area (Å²) in [6.07, 6.45) is 0. The molecule has 1 atom stereocenters. The minimum Gasteiger partial charge on any atom is -0.493 e. The second-order valence-corrected chi connectivity index (χ2v) is 5.84. The van der Waals surface area contributed by atoms with E-state index < -0.39 is 0 Å². The van der Waals surface area contributed by atoms with Crippen molar-refractivity contribution in [3.8, 4) is 11.5 Å². The van der Waals surface area contributed by atoms with Crippen molar-refractivity contribution in [1.82, 2.24) is 0 Å². The molecular weight excluding hydrogens is 335 g/mol. The topological polar surface area (TPSA) is 18.5 Å². The number of methoxy groups -OCH3 is 2. The number of rotatable bonds is 4. The average Bonchev–Trinajstić information content (AvgIpc) is 2.48. The molecule has 2 rings (SSSR count). The lowest BCUT2D eigenvalue weighted by atomic mass is 9.96. The SMILES string of the molecule is COc1cc(C)c(C(Br)c2cc(F)ccc2C)cc1OC. The van der Waals surface area contributed by atoms with Crippen LogP contribution in [-0.4, -0.2) is 14.2 Å². The summed E-state index contributed by atoms with van der Waals surface area (Å²) in [6, 6.07) is 8.68. The zero-order chi connectivity index (χ0) is 15.6. The molecule has 0 amide bonds. The first-order valence-electron chi connectivity index (χ1n) is 6.60. The van der Waals surface area contributed by atoms with E-state index in [4.69, 9.17) is 9.47 Å². The fraction of sp³-hybridized carbons (Fsp3) is 0.294. The van der Waals surface area contributed by atoms with Gasteiger partial charge in [0.1, 0.15) is 5.82 Å². The van der Waals surface area contributed by atoms with Gasteiger partial charge in [0.05, 0.1) is 19.0 Å². The van der Waals surface area contributed by atoms with Crippen LogP contribution in [0.4, 0.5) is 4.39 Å². The molecule has 2 nitrogen and oxygen atoms in total. The van der Waals surface area contributed by atoms with Crippen molar-refractivity contribution in [1.29, 1.82) is 0 Å². The summed E-state index contributed by atoms with van der Waals surface area (Å²) in [5.74, 6) is 1.12. The van der Waals surface area contributed by atoms with Crippen molar-refractivity contribution >= 4 is 15.9 Å². The van der Waals surface area contributed by atoms with Gasteiger partial charge in [-0.15, -0.1) is 0 Å². The molecule has 0 bridgehead atoms. The van der Waals surface area contributed by atoms with Crippen LogP contribution < -0.4 is 9.47 Å². The monoisotopic (exact) mass is 352 g/mol. The Kier molecular flexibility index (Phi) is 4.88. The minimum absolute atomic E-state index is 0.104. The molecule has 0 aliphatic carbocycles. The first kappa shape index (κ1) is 15.8. The lowest BCUT2D eigenvalue weighted by molar-refractivity contribution is 0.354. The molecule has 2 aromatic rings. The second kappa shape index (κ2) is 6.48. The Hall–Kier alpha value is -1.55. The van der Waals surface area contributed by atoms with Gasteiger partial charge in [-0.2, -0.15) is 0 Å². The maximum atomic E-state index is 13.5. The van der Waals surface area contributed by atoms with Gasteiger partial charge in [0.2, 0.25) is 0 Å². The minimum atomic E-state index is -0.238. The van der Waals surface area contributed by atoms with Crippen molar-refractivity contribution in [2.45, 2.75) is 18.7 Å². The fourth-order valence-corrected chi connectivity index (χ4v) is 3.31. The lowest BCUT2D eigenvalue weighted by Gasteiger charge is -2.18. The molecule has 0 saturated heterocycles. The van der Waals surface area contributed by atoms with Crippen LogP contribution >= 0.6 is 15.9 Å². The first-order valence-corrected chi connectivity index (χ1v) is 7.52. The molecule has 21 heavy (non-hydrogen) atoms. The molecule has 0 radical (unpaired) electrons. The highest BCUT2D eigenvalue weighted by atomic mass is 79.9. The van der Waals surface area contributed by atoms with Gasteiger partial charge in [-0.3, -0.25) is 0 Å². The fourth-order valence-electron chi connectivity index (χ4n) is 2.32. The molecule has 0 fully saturated rings. The standard InChI is InChI=1S/C17H18BrFO2/c1-10-5-6-12(19)8-13(10)17(18)14-9-16(21-4)15(20-3)7-11(14)2/h5-9,17H,1-4H3. The maximum absolute atomic E-state index is 13.5. The van der Waals surface area contributed by atoms with E-state index in [1.807, 2.05) is 26.0 Å². The summed E-state index contributed by atoms with van der Waals surface area (Å²) in [6.45, 7) is 3.97. The van der Waals surface area contributed by atoms with Gasteiger partial charge >= 0.3 is 0 Å². The van der Waals surface area contributed by atoms with E-state index in [0.717, 1.165) is 22.3 Å². The predicted octanol–water partition coefficient (Wildman–Crippen LogP) is 4.94. The molecule has 0 saturated carbocycles. The molecule has 112 valence electrons. The van der Waals surface area contributed by atoms with Gasteiger partial charge in [0, 0.05) is 0 Å². The number of ether oxygens (including phenoxy) is 2. The van der Waals surface area contributed by atoms with Crippen molar-refractivity contribution in [2.24, 2.45) is 0 Å². The van der Waals surface area contributed by atoms with Crippen molar-refractivity contribution < 1.29 is 13.9 Å². The number of halogens is 2. The maximum Gasteiger partial charge on any atom is 0.161 e. The van der Waals surface area contributed by atoms with Crippen LogP contribution in [0, 0.1) is 19.7 Å². The summed E-state index contributed by atoms with van der Waals surface area (Å²) in [5.41, 5.74) is 4.03. The third-order valence-corrected chi connectivity index (χ3v) is 4.55. The quantitative estimate of drug-likeness (QED) is 0.725. The zero-order valence-electron chi connectivity index (χ0n) is 12.5. The summed E-state index contributed by atoms with van der Waals surface area (Å²) in [7, 11) is 3.22. The Morgan fingerprint density at radius 2 is 1.48 bits per heavy atom. The van der Waals surface area contributed by atoms with Gasteiger partial charge in [-0.1, -0.05) is 22.0 Å². The van der Waals surface area contributed by atoms with E-state index in [0.29, 0.717) is 11.5 Å². The third-order valence-electron chi connectivity index (χ3n) is 3.56. The second-order valence-electron chi connectivity index (χ2n) is 4.93. The number of alkyl halides is 1. The van der Waals surface area contributed by atoms with Gasteiger partial charge < -0.3 is 9.47 Å². The summed E-state index contributed by atoms with van der Waals surface area (Å²) >= 11 is 3.68. The van der Waals surface area contributed by atoms with Crippen molar-refractivity contribution in [3.63, 3.8) is 0 Å². The molecule has 1 unspecified atom stereocenters. The Morgan fingerprint density at radius 1 is 0.905 bits per heavy atom.